The van der Waals surface area contributed by atoms with Crippen molar-refractivity contribution in [3.05, 3.63) is 59.7 Å². The summed E-state index contributed by atoms with van der Waals surface area (Å²) in [6.07, 6.45) is 2.23. The zero-order valence-corrected chi connectivity index (χ0v) is 15.4. The smallest absolute Gasteiger partial charge is 0.319 e. The molecule has 2 aromatic heterocycles. The average molecular weight is 362 g/mol. The van der Waals surface area contributed by atoms with Crippen LogP contribution in [0.1, 0.15) is 36.1 Å². The molecule has 1 fully saturated rings. The van der Waals surface area contributed by atoms with Gasteiger partial charge in [0.25, 0.3) is 0 Å². The molecule has 3 aromatic rings. The van der Waals surface area contributed by atoms with E-state index in [1.807, 2.05) is 56.3 Å². The van der Waals surface area contributed by atoms with Crippen LogP contribution in [0.3, 0.4) is 0 Å². The number of hydrogen-bond acceptors (Lipinski definition) is 4. The second kappa shape index (κ2) is 7.19. The van der Waals surface area contributed by atoms with Crippen LogP contribution >= 0.6 is 0 Å². The second-order valence-electron chi connectivity index (χ2n) is 6.94. The van der Waals surface area contributed by atoms with Gasteiger partial charge in [-0.15, -0.1) is 0 Å². The third kappa shape index (κ3) is 4.13. The van der Waals surface area contributed by atoms with Crippen LogP contribution in [0.5, 0.6) is 0 Å². The minimum atomic E-state index is -0.225. The van der Waals surface area contributed by atoms with Gasteiger partial charge in [-0.25, -0.2) is 9.78 Å². The summed E-state index contributed by atoms with van der Waals surface area (Å²) in [6, 6.07) is 13.1. The molecule has 2 heterocycles. The summed E-state index contributed by atoms with van der Waals surface area (Å²) in [6.45, 7) is 3.82. The fourth-order valence-electron chi connectivity index (χ4n) is 3.08. The molecular weight excluding hydrogens is 340 g/mol. The van der Waals surface area contributed by atoms with Gasteiger partial charge in [-0.05, 0) is 69.0 Å². The van der Waals surface area contributed by atoms with Gasteiger partial charge in [0.05, 0.1) is 11.7 Å². The first-order chi connectivity index (χ1) is 13.1. The number of benzene rings is 1. The number of nitrogens with one attached hydrogen (secondary N) is 3. The van der Waals surface area contributed by atoms with Gasteiger partial charge in [-0.2, -0.15) is 5.10 Å². The highest BCUT2D eigenvalue weighted by Crippen LogP contribution is 2.40. The SMILES string of the molecule is Cc1cccc([C@@H](NC(=O)Nc2ccc(-c3n[nH]c(C)n3)cc2)C2CC2)n1. The lowest BCUT2D eigenvalue weighted by Crippen LogP contribution is -2.34. The van der Waals surface area contributed by atoms with Crippen molar-refractivity contribution in [2.24, 2.45) is 5.92 Å². The zero-order chi connectivity index (χ0) is 18.8. The Kier molecular flexibility index (Phi) is 4.58. The third-order valence-corrected chi connectivity index (χ3v) is 4.61. The Morgan fingerprint density at radius 2 is 1.89 bits per heavy atom. The van der Waals surface area contributed by atoms with E-state index in [9.17, 15) is 4.79 Å². The fourth-order valence-corrected chi connectivity index (χ4v) is 3.08. The highest BCUT2D eigenvalue weighted by molar-refractivity contribution is 5.89. The van der Waals surface area contributed by atoms with Crippen molar-refractivity contribution in [3.63, 3.8) is 0 Å². The molecule has 2 amide bonds. The Balaban J connectivity index is 1.42. The number of carbonyl (C=O) groups excluding carboxylic acids is 1. The number of pyridine rings is 1. The largest absolute Gasteiger partial charge is 0.329 e. The van der Waals surface area contributed by atoms with E-state index < -0.39 is 0 Å². The molecule has 1 aromatic carbocycles. The second-order valence-corrected chi connectivity index (χ2v) is 6.94. The summed E-state index contributed by atoms with van der Waals surface area (Å²) in [5, 5.41) is 12.9. The minimum Gasteiger partial charge on any atom is -0.329 e. The summed E-state index contributed by atoms with van der Waals surface area (Å²) in [4.78, 5) is 21.4. The van der Waals surface area contributed by atoms with Gasteiger partial charge in [0.15, 0.2) is 5.82 Å². The van der Waals surface area contributed by atoms with E-state index >= 15 is 0 Å². The summed E-state index contributed by atoms with van der Waals surface area (Å²) in [7, 11) is 0. The first kappa shape index (κ1) is 17.2. The minimum absolute atomic E-state index is 0.0552. The van der Waals surface area contributed by atoms with E-state index in [-0.39, 0.29) is 12.1 Å². The molecule has 138 valence electrons. The number of aryl methyl sites for hydroxylation is 2. The first-order valence-electron chi connectivity index (χ1n) is 9.09. The standard InChI is InChI=1S/C20H22N6O/c1-12-4-3-5-17(21-12)18(14-6-7-14)24-20(27)23-16-10-8-15(9-11-16)19-22-13(2)25-26-19/h3-5,8-11,14,18H,6-7H2,1-2H3,(H,22,25,26)(H2,23,24,27)/t18-/m0/s1. The van der Waals surface area contributed by atoms with Crippen molar-refractivity contribution < 1.29 is 4.79 Å². The number of H-pyrrole nitrogens is 1. The maximum Gasteiger partial charge on any atom is 0.319 e. The van der Waals surface area contributed by atoms with Gasteiger partial charge in [0.2, 0.25) is 0 Å². The molecule has 7 nitrogen and oxygen atoms in total. The molecule has 0 spiro atoms. The molecule has 1 aliphatic carbocycles. The topological polar surface area (TPSA) is 95.6 Å². The number of hydrogen-bond donors (Lipinski definition) is 3. The van der Waals surface area contributed by atoms with E-state index in [0.29, 0.717) is 11.7 Å². The number of aromatic nitrogens is 4. The summed E-state index contributed by atoms with van der Waals surface area (Å²) in [5.41, 5.74) is 3.49. The summed E-state index contributed by atoms with van der Waals surface area (Å²) < 4.78 is 0. The molecule has 0 unspecified atom stereocenters. The molecule has 1 saturated carbocycles. The maximum absolute atomic E-state index is 12.5. The lowest BCUT2D eigenvalue weighted by molar-refractivity contribution is 0.246. The van der Waals surface area contributed by atoms with Crippen LogP contribution in [0.15, 0.2) is 42.5 Å². The summed E-state index contributed by atoms with van der Waals surface area (Å²) in [5.74, 6) is 1.87. The molecule has 0 saturated heterocycles. The Morgan fingerprint density at radius 1 is 1.11 bits per heavy atom. The number of anilines is 1. The average Bonchev–Trinajstić information content (AvgIpc) is 3.41. The van der Waals surface area contributed by atoms with E-state index in [0.717, 1.165) is 41.3 Å². The Labute approximate surface area is 157 Å². The molecule has 4 rings (SSSR count). The Bertz CT molecular complexity index is 945. The van der Waals surface area contributed by atoms with Gasteiger partial charge in [0, 0.05) is 16.9 Å². The van der Waals surface area contributed by atoms with E-state index in [1.165, 1.54) is 0 Å². The van der Waals surface area contributed by atoms with Crippen LogP contribution in [0, 0.1) is 19.8 Å². The van der Waals surface area contributed by atoms with Gasteiger partial charge in [0.1, 0.15) is 5.82 Å². The van der Waals surface area contributed by atoms with Gasteiger partial charge < -0.3 is 10.6 Å². The van der Waals surface area contributed by atoms with Crippen molar-refractivity contribution in [2.45, 2.75) is 32.7 Å². The first-order valence-corrected chi connectivity index (χ1v) is 9.09. The number of urea groups is 1. The predicted molar refractivity (Wildman–Crippen MR) is 103 cm³/mol. The molecule has 0 bridgehead atoms. The highest BCUT2D eigenvalue weighted by atomic mass is 16.2. The van der Waals surface area contributed by atoms with Crippen LogP contribution in [-0.4, -0.2) is 26.2 Å². The number of aromatic amines is 1. The van der Waals surface area contributed by atoms with Crippen LogP contribution in [0.25, 0.3) is 11.4 Å². The van der Waals surface area contributed by atoms with Gasteiger partial charge in [-0.3, -0.25) is 10.1 Å². The zero-order valence-electron chi connectivity index (χ0n) is 15.4. The number of nitrogens with zero attached hydrogens (tertiary/aromatic N) is 3. The lowest BCUT2D eigenvalue weighted by atomic mass is 10.1. The predicted octanol–water partition coefficient (Wildman–Crippen LogP) is 3.76. The van der Waals surface area contributed by atoms with E-state index in [2.05, 4.69) is 30.8 Å². The molecule has 7 heteroatoms. The van der Waals surface area contributed by atoms with Crippen molar-refractivity contribution >= 4 is 11.7 Å². The van der Waals surface area contributed by atoms with Gasteiger partial charge in [-0.1, -0.05) is 6.07 Å². The molecule has 3 N–H and O–H groups in total. The highest BCUT2D eigenvalue weighted by Gasteiger charge is 2.34. The quantitative estimate of drug-likeness (QED) is 0.644. The van der Waals surface area contributed by atoms with E-state index in [4.69, 9.17) is 0 Å². The van der Waals surface area contributed by atoms with Crippen molar-refractivity contribution in [1.29, 1.82) is 0 Å². The molecule has 1 atom stereocenters. The van der Waals surface area contributed by atoms with Crippen molar-refractivity contribution in [1.82, 2.24) is 25.5 Å². The summed E-state index contributed by atoms with van der Waals surface area (Å²) >= 11 is 0. The van der Waals surface area contributed by atoms with Crippen LogP contribution < -0.4 is 10.6 Å². The van der Waals surface area contributed by atoms with Gasteiger partial charge >= 0.3 is 6.03 Å². The normalized spacial score (nSPS) is 14.6. The molecule has 1 aliphatic rings. The molecule has 0 aliphatic heterocycles. The van der Waals surface area contributed by atoms with E-state index in [1.54, 1.807) is 0 Å². The third-order valence-electron chi connectivity index (χ3n) is 4.61. The van der Waals surface area contributed by atoms with Crippen LogP contribution in [0.2, 0.25) is 0 Å². The molecule has 27 heavy (non-hydrogen) atoms. The maximum atomic E-state index is 12.5. The lowest BCUT2D eigenvalue weighted by Gasteiger charge is -2.18. The fraction of sp³-hybridized carbons (Fsp3) is 0.300. The molecule has 0 radical (unpaired) electrons. The number of amides is 2. The van der Waals surface area contributed by atoms with Crippen molar-refractivity contribution in [2.75, 3.05) is 5.32 Å². The number of rotatable bonds is 5. The van der Waals surface area contributed by atoms with Crippen LogP contribution in [0.4, 0.5) is 10.5 Å². The Hall–Kier alpha value is -3.22. The Morgan fingerprint density at radius 3 is 2.52 bits per heavy atom. The number of carbonyl (C=O) groups is 1. The monoisotopic (exact) mass is 362 g/mol. The van der Waals surface area contributed by atoms with Crippen LogP contribution in [-0.2, 0) is 0 Å². The molecular formula is C20H22N6O. The van der Waals surface area contributed by atoms with Crippen molar-refractivity contribution in [3.8, 4) is 11.4 Å².